The Balaban J connectivity index is 1.45. The van der Waals surface area contributed by atoms with Gasteiger partial charge in [0, 0.05) is 21.0 Å². The Morgan fingerprint density at radius 1 is 1.08 bits per heavy atom. The van der Waals surface area contributed by atoms with E-state index in [0.29, 0.717) is 26.6 Å². The van der Waals surface area contributed by atoms with Crippen molar-refractivity contribution in [1.29, 1.82) is 0 Å². The molecule has 0 radical (unpaired) electrons. The number of nitrogens with one attached hydrogen (secondary N) is 1. The third-order valence-corrected chi connectivity index (χ3v) is 7.75. The maximum absolute atomic E-state index is 13.8. The summed E-state index contributed by atoms with van der Waals surface area (Å²) in [5.74, 6) is -0.307. The summed E-state index contributed by atoms with van der Waals surface area (Å²) in [6.07, 6.45) is 1.37. The Hall–Kier alpha value is -3.73. The summed E-state index contributed by atoms with van der Waals surface area (Å²) >= 11 is 6.00. The van der Waals surface area contributed by atoms with Gasteiger partial charge in [-0.05, 0) is 42.0 Å². The molecule has 2 aromatic heterocycles. The monoisotopic (exact) mass is 590 g/mol. The summed E-state index contributed by atoms with van der Waals surface area (Å²) in [5.41, 5.74) is 5.15. The second kappa shape index (κ2) is 11.1. The van der Waals surface area contributed by atoms with Gasteiger partial charge in [0.15, 0.2) is 5.16 Å². The summed E-state index contributed by atoms with van der Waals surface area (Å²) in [5, 5.41) is 16.6. The molecule has 1 amide bonds. The van der Waals surface area contributed by atoms with E-state index in [4.69, 9.17) is 4.98 Å². The van der Waals surface area contributed by atoms with E-state index in [1.165, 1.54) is 23.6 Å². The lowest BCUT2D eigenvalue weighted by Gasteiger charge is -2.12. The van der Waals surface area contributed by atoms with Gasteiger partial charge in [0.25, 0.3) is 11.5 Å². The van der Waals surface area contributed by atoms with Crippen molar-refractivity contribution in [3.63, 3.8) is 0 Å². The van der Waals surface area contributed by atoms with Gasteiger partial charge >= 0.3 is 0 Å². The molecule has 10 heteroatoms. The average Bonchev–Trinajstić information content (AvgIpc) is 3.34. The molecule has 37 heavy (non-hydrogen) atoms. The standard InChI is InChI=1S/C27H19BrN4O3S2/c28-19-12-10-17(11-13-19)21-15-36-25-24(21)26(35)32(20-7-2-1-3-8-20)27(30-25)37-16-23(34)31-29-14-18-6-4-5-9-22(18)33/h1-15,33H,16H2,(H,31,34)/b29-14-. The molecule has 184 valence electrons. The van der Waals surface area contributed by atoms with E-state index in [1.807, 2.05) is 60.0 Å². The molecule has 2 heterocycles. The number of amides is 1. The van der Waals surface area contributed by atoms with Crippen LogP contribution in [0.5, 0.6) is 5.75 Å². The van der Waals surface area contributed by atoms with Gasteiger partial charge in [-0.15, -0.1) is 11.3 Å². The number of phenolic OH excluding ortho intramolecular Hbond substituents is 1. The number of thioether (sulfide) groups is 1. The van der Waals surface area contributed by atoms with Crippen LogP contribution in [0.1, 0.15) is 5.56 Å². The van der Waals surface area contributed by atoms with Gasteiger partial charge in [0.05, 0.1) is 23.0 Å². The van der Waals surface area contributed by atoms with Gasteiger partial charge in [-0.25, -0.2) is 10.4 Å². The van der Waals surface area contributed by atoms with Crippen LogP contribution >= 0.6 is 39.0 Å². The number of nitrogens with zero attached hydrogens (tertiary/aromatic N) is 3. The van der Waals surface area contributed by atoms with E-state index in [2.05, 4.69) is 26.5 Å². The topological polar surface area (TPSA) is 96.6 Å². The predicted molar refractivity (Wildman–Crippen MR) is 153 cm³/mol. The van der Waals surface area contributed by atoms with Crippen molar-refractivity contribution in [3.8, 4) is 22.6 Å². The second-order valence-corrected chi connectivity index (χ2v) is 10.6. The van der Waals surface area contributed by atoms with E-state index < -0.39 is 0 Å². The highest BCUT2D eigenvalue weighted by molar-refractivity contribution is 9.10. The molecule has 0 unspecified atom stereocenters. The Morgan fingerprint density at radius 2 is 1.81 bits per heavy atom. The zero-order valence-electron chi connectivity index (χ0n) is 19.2. The normalized spacial score (nSPS) is 11.3. The SMILES string of the molecule is O=C(CSc1nc2scc(-c3ccc(Br)cc3)c2c(=O)n1-c1ccccc1)N/N=C\c1ccccc1O. The Morgan fingerprint density at radius 3 is 2.57 bits per heavy atom. The van der Waals surface area contributed by atoms with E-state index in [1.54, 1.807) is 22.8 Å². The van der Waals surface area contributed by atoms with E-state index in [9.17, 15) is 14.7 Å². The number of benzene rings is 3. The first-order chi connectivity index (χ1) is 18.0. The number of phenols is 1. The maximum Gasteiger partial charge on any atom is 0.268 e. The highest BCUT2D eigenvalue weighted by Crippen LogP contribution is 2.33. The Kier molecular flexibility index (Phi) is 7.50. The minimum Gasteiger partial charge on any atom is -0.507 e. The van der Waals surface area contributed by atoms with Gasteiger partial charge in [-0.3, -0.25) is 14.2 Å². The van der Waals surface area contributed by atoms with Gasteiger partial charge < -0.3 is 5.11 Å². The van der Waals surface area contributed by atoms with Crippen LogP contribution in [0.2, 0.25) is 0 Å². The Labute approximate surface area is 228 Å². The van der Waals surface area contributed by atoms with Crippen LogP contribution in [0.4, 0.5) is 0 Å². The van der Waals surface area contributed by atoms with Crippen LogP contribution < -0.4 is 11.0 Å². The predicted octanol–water partition coefficient (Wildman–Crippen LogP) is 5.82. The molecule has 0 saturated heterocycles. The van der Waals surface area contributed by atoms with E-state index in [-0.39, 0.29) is 23.0 Å². The fourth-order valence-electron chi connectivity index (χ4n) is 3.65. The van der Waals surface area contributed by atoms with Crippen LogP contribution in [0.15, 0.2) is 104 Å². The molecule has 0 aliphatic heterocycles. The number of fused-ring (bicyclic) bond motifs is 1. The third-order valence-electron chi connectivity index (χ3n) is 5.41. The Bertz CT molecular complexity index is 1670. The van der Waals surface area contributed by atoms with Gasteiger partial charge in [0.2, 0.25) is 0 Å². The van der Waals surface area contributed by atoms with Crippen molar-refractivity contribution in [2.75, 3.05) is 5.75 Å². The van der Waals surface area contributed by atoms with Crippen molar-refractivity contribution >= 4 is 61.4 Å². The molecule has 2 N–H and O–H groups in total. The third kappa shape index (κ3) is 5.51. The molecule has 0 aliphatic carbocycles. The maximum atomic E-state index is 13.8. The zero-order valence-corrected chi connectivity index (χ0v) is 22.4. The summed E-state index contributed by atoms with van der Waals surface area (Å²) in [7, 11) is 0. The summed E-state index contributed by atoms with van der Waals surface area (Å²) in [6.45, 7) is 0. The molecule has 0 spiro atoms. The summed E-state index contributed by atoms with van der Waals surface area (Å²) in [4.78, 5) is 31.7. The lowest BCUT2D eigenvalue weighted by Crippen LogP contribution is -2.24. The number of thiophene rings is 1. The highest BCUT2D eigenvalue weighted by Gasteiger charge is 2.19. The number of aromatic hydroxyl groups is 1. The molecule has 3 aromatic carbocycles. The van der Waals surface area contributed by atoms with Crippen molar-refractivity contribution in [3.05, 3.63) is 105 Å². The van der Waals surface area contributed by atoms with Crippen molar-refractivity contribution in [2.24, 2.45) is 5.10 Å². The quantitative estimate of drug-likeness (QED) is 0.108. The summed E-state index contributed by atoms with van der Waals surface area (Å²) < 4.78 is 2.50. The lowest BCUT2D eigenvalue weighted by atomic mass is 10.1. The molecule has 7 nitrogen and oxygen atoms in total. The fraction of sp³-hybridized carbons (Fsp3) is 0.0370. The molecule has 0 saturated carbocycles. The highest BCUT2D eigenvalue weighted by atomic mass is 79.9. The average molecular weight is 592 g/mol. The number of carbonyl (C=O) groups excluding carboxylic acids is 1. The van der Waals surface area contributed by atoms with Gasteiger partial charge in [0.1, 0.15) is 10.6 Å². The molecule has 0 atom stereocenters. The number of hydrogen-bond acceptors (Lipinski definition) is 7. The van der Waals surface area contributed by atoms with Gasteiger partial charge in [-0.2, -0.15) is 5.10 Å². The molecule has 0 aliphatic rings. The number of para-hydroxylation sites is 2. The number of aromatic nitrogens is 2. The molecule has 0 fully saturated rings. The number of hydrazone groups is 1. The molecular weight excluding hydrogens is 572 g/mol. The largest absolute Gasteiger partial charge is 0.507 e. The van der Waals surface area contributed by atoms with Crippen LogP contribution in [-0.4, -0.2) is 32.5 Å². The lowest BCUT2D eigenvalue weighted by molar-refractivity contribution is -0.118. The van der Waals surface area contributed by atoms with Crippen LogP contribution in [0, 0.1) is 0 Å². The van der Waals surface area contributed by atoms with Gasteiger partial charge in [-0.1, -0.05) is 70.2 Å². The second-order valence-electron chi connectivity index (χ2n) is 7.85. The first kappa shape index (κ1) is 24.9. The first-order valence-corrected chi connectivity index (χ1v) is 13.8. The van der Waals surface area contributed by atoms with E-state index >= 15 is 0 Å². The van der Waals surface area contributed by atoms with Crippen molar-refractivity contribution in [1.82, 2.24) is 15.0 Å². The number of halogens is 1. The van der Waals surface area contributed by atoms with Crippen LogP contribution in [0.25, 0.3) is 27.0 Å². The smallest absolute Gasteiger partial charge is 0.268 e. The first-order valence-electron chi connectivity index (χ1n) is 11.1. The molecule has 5 aromatic rings. The van der Waals surface area contributed by atoms with Crippen molar-refractivity contribution < 1.29 is 9.90 Å². The minimum atomic E-state index is -0.368. The van der Waals surface area contributed by atoms with E-state index in [0.717, 1.165) is 27.4 Å². The molecule has 5 rings (SSSR count). The number of hydrogen-bond donors (Lipinski definition) is 2. The summed E-state index contributed by atoms with van der Waals surface area (Å²) in [6, 6.07) is 23.7. The molecule has 0 bridgehead atoms. The fourth-order valence-corrected chi connectivity index (χ4v) is 5.71. The van der Waals surface area contributed by atoms with Crippen molar-refractivity contribution in [2.45, 2.75) is 5.16 Å². The zero-order chi connectivity index (χ0) is 25.8. The number of carbonyl (C=O) groups is 1. The van der Waals surface area contributed by atoms with Crippen LogP contribution in [-0.2, 0) is 4.79 Å². The molecular formula is C27H19BrN4O3S2. The minimum absolute atomic E-state index is 0.00611. The van der Waals surface area contributed by atoms with Crippen LogP contribution in [0.3, 0.4) is 0 Å². The number of rotatable bonds is 7.